The third-order valence-electron chi connectivity index (χ3n) is 4.87. The first-order chi connectivity index (χ1) is 13.0. The lowest BCUT2D eigenvalue weighted by molar-refractivity contribution is 0.0695. The Morgan fingerprint density at radius 2 is 1.63 bits per heavy atom. The third-order valence-corrected chi connectivity index (χ3v) is 6.79. The van der Waals surface area contributed by atoms with Crippen LogP contribution in [0.15, 0.2) is 59.5 Å². The maximum Gasteiger partial charge on any atom is 0.335 e. The molecule has 3 rings (SSSR count). The highest BCUT2D eigenvalue weighted by Crippen LogP contribution is 2.18. The van der Waals surface area contributed by atoms with Crippen molar-refractivity contribution in [2.75, 3.05) is 32.7 Å². The minimum absolute atomic E-state index is 0.328. The van der Waals surface area contributed by atoms with Crippen LogP contribution in [-0.4, -0.2) is 61.4 Å². The van der Waals surface area contributed by atoms with Crippen LogP contribution in [0.3, 0.4) is 0 Å². The SMILES string of the molecule is O=C(O)c1ccccc1CCN1CCCN(S(=O)(=O)c2ccccc2)CC1. The molecule has 0 amide bonds. The van der Waals surface area contributed by atoms with Gasteiger partial charge in [0.05, 0.1) is 10.5 Å². The van der Waals surface area contributed by atoms with Crippen LogP contribution in [-0.2, 0) is 16.4 Å². The summed E-state index contributed by atoms with van der Waals surface area (Å²) in [6.07, 6.45) is 1.39. The maximum atomic E-state index is 12.8. The molecule has 0 unspecified atom stereocenters. The molecule has 6 nitrogen and oxygen atoms in total. The summed E-state index contributed by atoms with van der Waals surface area (Å²) in [7, 11) is -3.46. The Kier molecular flexibility index (Phi) is 6.26. The predicted molar refractivity (Wildman–Crippen MR) is 103 cm³/mol. The number of hydrogen-bond donors (Lipinski definition) is 1. The molecule has 2 aromatic carbocycles. The van der Waals surface area contributed by atoms with Gasteiger partial charge in [0.25, 0.3) is 0 Å². The van der Waals surface area contributed by atoms with Crippen molar-refractivity contribution in [3.8, 4) is 0 Å². The van der Waals surface area contributed by atoms with Crippen molar-refractivity contribution in [3.63, 3.8) is 0 Å². The van der Waals surface area contributed by atoms with E-state index in [1.165, 1.54) is 0 Å². The Bertz CT molecular complexity index is 884. The van der Waals surface area contributed by atoms with Gasteiger partial charge in [0.15, 0.2) is 0 Å². The van der Waals surface area contributed by atoms with Crippen LogP contribution in [0.4, 0.5) is 0 Å². The third kappa shape index (κ3) is 4.74. The average molecular weight is 388 g/mol. The molecular formula is C20H24N2O4S. The van der Waals surface area contributed by atoms with Crippen LogP contribution in [0.2, 0.25) is 0 Å². The lowest BCUT2D eigenvalue weighted by Gasteiger charge is -2.22. The molecule has 0 saturated carbocycles. The van der Waals surface area contributed by atoms with E-state index in [4.69, 9.17) is 0 Å². The number of carboxylic acids is 1. The Morgan fingerprint density at radius 1 is 0.926 bits per heavy atom. The van der Waals surface area contributed by atoms with Crippen LogP contribution in [0, 0.1) is 0 Å². The Balaban J connectivity index is 1.62. The van der Waals surface area contributed by atoms with Crippen LogP contribution in [0.5, 0.6) is 0 Å². The van der Waals surface area contributed by atoms with Gasteiger partial charge >= 0.3 is 5.97 Å². The monoisotopic (exact) mass is 388 g/mol. The quantitative estimate of drug-likeness (QED) is 0.822. The number of hydrogen-bond acceptors (Lipinski definition) is 4. The second kappa shape index (κ2) is 8.65. The normalized spacial score (nSPS) is 16.7. The zero-order valence-corrected chi connectivity index (χ0v) is 15.9. The maximum absolute atomic E-state index is 12.8. The molecule has 0 atom stereocenters. The minimum Gasteiger partial charge on any atom is -0.478 e. The smallest absolute Gasteiger partial charge is 0.335 e. The van der Waals surface area contributed by atoms with E-state index in [9.17, 15) is 18.3 Å². The van der Waals surface area contributed by atoms with E-state index in [0.717, 1.165) is 18.5 Å². The van der Waals surface area contributed by atoms with Gasteiger partial charge in [-0.1, -0.05) is 36.4 Å². The van der Waals surface area contributed by atoms with Gasteiger partial charge in [-0.15, -0.1) is 0 Å². The highest BCUT2D eigenvalue weighted by Gasteiger charge is 2.26. The van der Waals surface area contributed by atoms with E-state index in [1.54, 1.807) is 46.8 Å². The molecule has 0 bridgehead atoms. The zero-order chi connectivity index (χ0) is 19.3. The van der Waals surface area contributed by atoms with Crippen molar-refractivity contribution < 1.29 is 18.3 Å². The van der Waals surface area contributed by atoms with Gasteiger partial charge in [0.1, 0.15) is 0 Å². The number of carbonyl (C=O) groups is 1. The molecule has 1 aliphatic rings. The van der Waals surface area contributed by atoms with E-state index >= 15 is 0 Å². The zero-order valence-electron chi connectivity index (χ0n) is 15.1. The highest BCUT2D eigenvalue weighted by atomic mass is 32.2. The van der Waals surface area contributed by atoms with Gasteiger partial charge in [0, 0.05) is 26.2 Å². The molecular weight excluding hydrogens is 364 g/mol. The van der Waals surface area contributed by atoms with Gasteiger partial charge in [-0.2, -0.15) is 4.31 Å². The molecule has 0 aliphatic carbocycles. The van der Waals surface area contributed by atoms with Crippen molar-refractivity contribution in [2.45, 2.75) is 17.7 Å². The first-order valence-corrected chi connectivity index (χ1v) is 10.5. The predicted octanol–water partition coefficient (Wildman–Crippen LogP) is 2.32. The molecule has 0 aromatic heterocycles. The first kappa shape index (κ1) is 19.5. The lowest BCUT2D eigenvalue weighted by Crippen LogP contribution is -2.35. The molecule has 0 spiro atoms. The lowest BCUT2D eigenvalue weighted by atomic mass is 10.0. The van der Waals surface area contributed by atoms with Gasteiger partial charge in [-0.3, -0.25) is 0 Å². The van der Waals surface area contributed by atoms with E-state index in [1.807, 2.05) is 12.1 Å². The van der Waals surface area contributed by atoms with Crippen molar-refractivity contribution in [1.82, 2.24) is 9.21 Å². The number of carboxylic acid groups (broad SMARTS) is 1. The molecule has 2 aromatic rings. The Morgan fingerprint density at radius 3 is 2.37 bits per heavy atom. The number of sulfonamides is 1. The number of aromatic carboxylic acids is 1. The van der Waals surface area contributed by atoms with E-state index in [0.29, 0.717) is 43.1 Å². The first-order valence-electron chi connectivity index (χ1n) is 9.07. The van der Waals surface area contributed by atoms with Crippen molar-refractivity contribution >= 4 is 16.0 Å². The molecule has 1 saturated heterocycles. The Hall–Kier alpha value is -2.22. The van der Waals surface area contributed by atoms with Crippen molar-refractivity contribution in [1.29, 1.82) is 0 Å². The average Bonchev–Trinajstić information content (AvgIpc) is 2.93. The van der Waals surface area contributed by atoms with Gasteiger partial charge in [0.2, 0.25) is 10.0 Å². The summed E-state index contributed by atoms with van der Waals surface area (Å²) in [4.78, 5) is 13.9. The second-order valence-corrected chi connectivity index (χ2v) is 8.56. The summed E-state index contributed by atoms with van der Waals surface area (Å²) in [5.74, 6) is -0.915. The molecule has 1 fully saturated rings. The minimum atomic E-state index is -3.46. The standard InChI is InChI=1S/C20H24N2O4S/c23-20(24)19-10-5-4-7-17(19)11-14-21-12-6-13-22(16-15-21)27(25,26)18-8-2-1-3-9-18/h1-5,7-10H,6,11-16H2,(H,23,24). The number of rotatable bonds is 6. The molecule has 0 radical (unpaired) electrons. The van der Waals surface area contributed by atoms with Gasteiger partial charge in [-0.05, 0) is 43.1 Å². The van der Waals surface area contributed by atoms with E-state index in [2.05, 4.69) is 4.90 Å². The summed E-state index contributed by atoms with van der Waals surface area (Å²) in [6.45, 7) is 3.10. The van der Waals surface area contributed by atoms with Gasteiger partial charge in [-0.25, -0.2) is 13.2 Å². The summed E-state index contributed by atoms with van der Waals surface area (Å²) >= 11 is 0. The van der Waals surface area contributed by atoms with Crippen LogP contribution >= 0.6 is 0 Å². The van der Waals surface area contributed by atoms with Crippen LogP contribution in [0.25, 0.3) is 0 Å². The molecule has 27 heavy (non-hydrogen) atoms. The fourth-order valence-electron chi connectivity index (χ4n) is 3.38. The number of benzene rings is 2. The molecule has 1 heterocycles. The molecule has 7 heteroatoms. The van der Waals surface area contributed by atoms with Crippen LogP contribution in [0.1, 0.15) is 22.3 Å². The van der Waals surface area contributed by atoms with E-state index in [-0.39, 0.29) is 0 Å². The highest BCUT2D eigenvalue weighted by molar-refractivity contribution is 7.89. The molecule has 1 N–H and O–H groups in total. The topological polar surface area (TPSA) is 77.9 Å². The van der Waals surface area contributed by atoms with E-state index < -0.39 is 16.0 Å². The molecule has 1 aliphatic heterocycles. The van der Waals surface area contributed by atoms with Crippen molar-refractivity contribution in [3.05, 3.63) is 65.7 Å². The summed E-state index contributed by atoms with van der Waals surface area (Å²) in [5.41, 5.74) is 1.14. The second-order valence-electron chi connectivity index (χ2n) is 6.62. The fraction of sp³-hybridized carbons (Fsp3) is 0.350. The van der Waals surface area contributed by atoms with Crippen LogP contribution < -0.4 is 0 Å². The summed E-state index contributed by atoms with van der Waals surface area (Å²) in [5, 5.41) is 9.29. The fourth-order valence-corrected chi connectivity index (χ4v) is 4.87. The number of nitrogens with zero attached hydrogens (tertiary/aromatic N) is 2. The largest absolute Gasteiger partial charge is 0.478 e. The summed E-state index contributed by atoms with van der Waals surface area (Å²) < 4.78 is 27.1. The Labute approximate surface area is 160 Å². The van der Waals surface area contributed by atoms with Crippen molar-refractivity contribution in [2.24, 2.45) is 0 Å². The molecule has 144 valence electrons. The van der Waals surface area contributed by atoms with Gasteiger partial charge < -0.3 is 10.0 Å². The summed E-state index contributed by atoms with van der Waals surface area (Å²) in [6, 6.07) is 15.6.